The standard InChI is InChI=1S/C16H24ClNO/c1-16(2,3)14-9-13(17)6-7-15(14)19-11-12-5-4-8-18-10-12/h6-7,9,12,18H,4-5,8,10-11H2,1-3H3/t12-/m1/s1. The van der Waals surface area contributed by atoms with Crippen LogP contribution in [-0.4, -0.2) is 19.7 Å². The third kappa shape index (κ3) is 4.12. The number of benzene rings is 1. The second-order valence-corrected chi connectivity index (χ2v) is 6.85. The molecule has 1 fully saturated rings. The van der Waals surface area contributed by atoms with Gasteiger partial charge in [-0.1, -0.05) is 32.4 Å². The van der Waals surface area contributed by atoms with Crippen molar-refractivity contribution < 1.29 is 4.74 Å². The van der Waals surface area contributed by atoms with E-state index in [1.165, 1.54) is 18.4 Å². The van der Waals surface area contributed by atoms with Crippen molar-refractivity contribution >= 4 is 11.6 Å². The monoisotopic (exact) mass is 281 g/mol. The van der Waals surface area contributed by atoms with E-state index in [0.717, 1.165) is 30.5 Å². The SMILES string of the molecule is CC(C)(C)c1cc(Cl)ccc1OC[C@@H]1CCCNC1. The summed E-state index contributed by atoms with van der Waals surface area (Å²) in [6.07, 6.45) is 2.51. The van der Waals surface area contributed by atoms with Gasteiger partial charge in [0.1, 0.15) is 5.75 Å². The molecule has 1 aromatic carbocycles. The van der Waals surface area contributed by atoms with Gasteiger partial charge in [-0.25, -0.2) is 0 Å². The molecule has 2 nitrogen and oxygen atoms in total. The number of hydrogen-bond acceptors (Lipinski definition) is 2. The summed E-state index contributed by atoms with van der Waals surface area (Å²) >= 11 is 6.11. The van der Waals surface area contributed by atoms with Crippen molar-refractivity contribution in [3.63, 3.8) is 0 Å². The van der Waals surface area contributed by atoms with Crippen molar-refractivity contribution in [3.8, 4) is 5.75 Å². The summed E-state index contributed by atoms with van der Waals surface area (Å²) in [4.78, 5) is 0. The van der Waals surface area contributed by atoms with Crippen LogP contribution in [0.3, 0.4) is 0 Å². The molecule has 0 unspecified atom stereocenters. The second-order valence-electron chi connectivity index (χ2n) is 6.41. The first-order chi connectivity index (χ1) is 8.97. The summed E-state index contributed by atoms with van der Waals surface area (Å²) in [6, 6.07) is 5.93. The Hall–Kier alpha value is -0.730. The van der Waals surface area contributed by atoms with E-state index >= 15 is 0 Å². The van der Waals surface area contributed by atoms with Gasteiger partial charge in [-0.3, -0.25) is 0 Å². The molecule has 2 rings (SSSR count). The zero-order chi connectivity index (χ0) is 13.9. The molecule has 0 aliphatic carbocycles. The Bertz CT molecular complexity index is 419. The maximum Gasteiger partial charge on any atom is 0.123 e. The fourth-order valence-electron chi connectivity index (χ4n) is 2.49. The van der Waals surface area contributed by atoms with E-state index in [4.69, 9.17) is 16.3 Å². The first-order valence-corrected chi connectivity index (χ1v) is 7.48. The summed E-state index contributed by atoms with van der Waals surface area (Å²) in [5, 5.41) is 4.20. The molecule has 19 heavy (non-hydrogen) atoms. The number of halogens is 1. The summed E-state index contributed by atoms with van der Waals surface area (Å²) in [6.45, 7) is 9.57. The Morgan fingerprint density at radius 1 is 1.37 bits per heavy atom. The lowest BCUT2D eigenvalue weighted by molar-refractivity contribution is 0.215. The highest BCUT2D eigenvalue weighted by Gasteiger charge is 2.21. The molecule has 1 aliphatic rings. The minimum atomic E-state index is 0.0467. The van der Waals surface area contributed by atoms with Gasteiger partial charge in [0.25, 0.3) is 0 Å². The zero-order valence-corrected chi connectivity index (χ0v) is 12.9. The predicted octanol–water partition coefficient (Wildman–Crippen LogP) is 4.02. The van der Waals surface area contributed by atoms with Crippen molar-refractivity contribution in [1.29, 1.82) is 0 Å². The summed E-state index contributed by atoms with van der Waals surface area (Å²) in [5.74, 6) is 1.60. The predicted molar refractivity (Wildman–Crippen MR) is 81.2 cm³/mol. The molecule has 0 spiro atoms. The largest absolute Gasteiger partial charge is 0.493 e. The molecule has 0 saturated carbocycles. The highest BCUT2D eigenvalue weighted by molar-refractivity contribution is 6.30. The van der Waals surface area contributed by atoms with Gasteiger partial charge in [-0.2, -0.15) is 0 Å². The molecule has 1 aliphatic heterocycles. The summed E-state index contributed by atoms with van der Waals surface area (Å²) < 4.78 is 6.06. The molecule has 106 valence electrons. The van der Waals surface area contributed by atoms with Crippen LogP contribution in [0.1, 0.15) is 39.2 Å². The van der Waals surface area contributed by atoms with Crippen LogP contribution in [-0.2, 0) is 5.41 Å². The Labute approximate surface area is 121 Å². The van der Waals surface area contributed by atoms with Gasteiger partial charge < -0.3 is 10.1 Å². The third-order valence-corrected chi connectivity index (χ3v) is 3.86. The van der Waals surface area contributed by atoms with Gasteiger partial charge in [0, 0.05) is 23.0 Å². The number of piperidine rings is 1. The molecule has 0 amide bonds. The van der Waals surface area contributed by atoms with Crippen molar-refractivity contribution in [2.75, 3.05) is 19.7 Å². The van der Waals surface area contributed by atoms with E-state index in [-0.39, 0.29) is 5.41 Å². The Morgan fingerprint density at radius 2 is 2.16 bits per heavy atom. The highest BCUT2D eigenvalue weighted by Crippen LogP contribution is 2.33. The van der Waals surface area contributed by atoms with Gasteiger partial charge in [0.15, 0.2) is 0 Å². The fraction of sp³-hybridized carbons (Fsp3) is 0.625. The van der Waals surface area contributed by atoms with Crippen molar-refractivity contribution in [2.45, 2.75) is 39.0 Å². The smallest absolute Gasteiger partial charge is 0.123 e. The molecular formula is C16H24ClNO. The Kier molecular flexibility index (Phi) is 4.75. The van der Waals surface area contributed by atoms with Gasteiger partial charge in [-0.05, 0) is 43.0 Å². The summed E-state index contributed by atoms with van der Waals surface area (Å²) in [5.41, 5.74) is 1.23. The van der Waals surface area contributed by atoms with Crippen molar-refractivity contribution in [3.05, 3.63) is 28.8 Å². The van der Waals surface area contributed by atoms with Crippen LogP contribution in [0.5, 0.6) is 5.75 Å². The van der Waals surface area contributed by atoms with Crippen LogP contribution >= 0.6 is 11.6 Å². The van der Waals surface area contributed by atoms with Crippen LogP contribution in [0.25, 0.3) is 0 Å². The fourth-order valence-corrected chi connectivity index (χ4v) is 2.66. The minimum absolute atomic E-state index is 0.0467. The first-order valence-electron chi connectivity index (χ1n) is 7.10. The topological polar surface area (TPSA) is 21.3 Å². The summed E-state index contributed by atoms with van der Waals surface area (Å²) in [7, 11) is 0. The van der Waals surface area contributed by atoms with Gasteiger partial charge in [-0.15, -0.1) is 0 Å². The molecule has 3 heteroatoms. The van der Waals surface area contributed by atoms with Crippen LogP contribution in [0.2, 0.25) is 5.02 Å². The van der Waals surface area contributed by atoms with Gasteiger partial charge in [0.05, 0.1) is 6.61 Å². The lowest BCUT2D eigenvalue weighted by Crippen LogP contribution is -2.33. The maximum absolute atomic E-state index is 6.11. The van der Waals surface area contributed by atoms with Crippen molar-refractivity contribution in [2.24, 2.45) is 5.92 Å². The van der Waals surface area contributed by atoms with E-state index in [9.17, 15) is 0 Å². The Balaban J connectivity index is 2.06. The molecule has 1 saturated heterocycles. The van der Waals surface area contributed by atoms with E-state index in [0.29, 0.717) is 5.92 Å². The number of hydrogen-bond donors (Lipinski definition) is 1. The van der Waals surface area contributed by atoms with E-state index < -0.39 is 0 Å². The average molecular weight is 282 g/mol. The molecule has 1 atom stereocenters. The van der Waals surface area contributed by atoms with Crippen LogP contribution in [0, 0.1) is 5.92 Å². The van der Waals surface area contributed by atoms with Gasteiger partial charge in [0.2, 0.25) is 0 Å². The normalized spacial score (nSPS) is 20.3. The van der Waals surface area contributed by atoms with Gasteiger partial charge >= 0.3 is 0 Å². The van der Waals surface area contributed by atoms with Crippen LogP contribution in [0.4, 0.5) is 0 Å². The zero-order valence-electron chi connectivity index (χ0n) is 12.1. The molecule has 1 heterocycles. The number of nitrogens with one attached hydrogen (secondary N) is 1. The third-order valence-electron chi connectivity index (χ3n) is 3.62. The molecule has 0 aromatic heterocycles. The quantitative estimate of drug-likeness (QED) is 0.904. The molecule has 0 radical (unpaired) electrons. The molecule has 1 aromatic rings. The van der Waals surface area contributed by atoms with Crippen LogP contribution in [0.15, 0.2) is 18.2 Å². The van der Waals surface area contributed by atoms with E-state index in [2.05, 4.69) is 26.1 Å². The van der Waals surface area contributed by atoms with E-state index in [1.807, 2.05) is 18.2 Å². The first kappa shape index (κ1) is 14.7. The average Bonchev–Trinajstić information content (AvgIpc) is 2.37. The number of ether oxygens (including phenoxy) is 1. The number of rotatable bonds is 3. The maximum atomic E-state index is 6.11. The van der Waals surface area contributed by atoms with Crippen LogP contribution < -0.4 is 10.1 Å². The highest BCUT2D eigenvalue weighted by atomic mass is 35.5. The lowest BCUT2D eigenvalue weighted by Gasteiger charge is -2.26. The van der Waals surface area contributed by atoms with E-state index in [1.54, 1.807) is 0 Å². The van der Waals surface area contributed by atoms with Crippen molar-refractivity contribution in [1.82, 2.24) is 5.32 Å². The second kappa shape index (κ2) is 6.15. The lowest BCUT2D eigenvalue weighted by atomic mass is 9.86. The molecular weight excluding hydrogens is 258 g/mol. The Morgan fingerprint density at radius 3 is 2.79 bits per heavy atom. The molecule has 0 bridgehead atoms. The minimum Gasteiger partial charge on any atom is -0.493 e. The molecule has 1 N–H and O–H groups in total.